The van der Waals surface area contributed by atoms with Crippen molar-refractivity contribution < 1.29 is 13.9 Å². The number of Topliss-reactive ketones (excluding diaryl/α,β-unsaturated/α-hetero) is 1. The zero-order chi connectivity index (χ0) is 15.1. The molecular weight excluding hydrogens is 336 g/mol. The predicted octanol–water partition coefficient (Wildman–Crippen LogP) is 3.10. The van der Waals surface area contributed by atoms with Gasteiger partial charge in [-0.2, -0.15) is 5.26 Å². The average molecular weight is 349 g/mol. The summed E-state index contributed by atoms with van der Waals surface area (Å²) in [6.07, 6.45) is 1.08. The van der Waals surface area contributed by atoms with Crippen LogP contribution in [0.1, 0.15) is 31.4 Å². The fourth-order valence-corrected chi connectivity index (χ4v) is 3.18. The summed E-state index contributed by atoms with van der Waals surface area (Å²) in [4.78, 5) is 12.4. The number of carbonyl (C=O) groups excluding carboxylic acids is 1. The highest BCUT2D eigenvalue weighted by Gasteiger charge is 2.41. The first kappa shape index (κ1) is 14.0. The number of halogens is 1. The van der Waals surface area contributed by atoms with Gasteiger partial charge in [-0.3, -0.25) is 4.79 Å². The smallest absolute Gasteiger partial charge is 0.205 e. The number of nitrogens with zero attached hydrogens (tertiary/aromatic N) is 1. The molecule has 2 atom stereocenters. The second-order valence-corrected chi connectivity index (χ2v) is 6.12. The number of hydrogen-bond donors (Lipinski definition) is 1. The Bertz CT molecular complexity index is 724. The molecule has 0 spiro atoms. The van der Waals surface area contributed by atoms with Gasteiger partial charge in [0.15, 0.2) is 10.5 Å². The molecule has 1 aromatic heterocycles. The van der Waals surface area contributed by atoms with E-state index in [1.807, 2.05) is 13.0 Å². The molecule has 21 heavy (non-hydrogen) atoms. The molecule has 0 unspecified atom stereocenters. The van der Waals surface area contributed by atoms with Gasteiger partial charge in [-0.15, -0.1) is 0 Å². The average Bonchev–Trinajstić information content (AvgIpc) is 2.83. The van der Waals surface area contributed by atoms with Crippen molar-refractivity contribution in [3.63, 3.8) is 0 Å². The van der Waals surface area contributed by atoms with Crippen molar-refractivity contribution in [3.05, 3.63) is 45.4 Å². The zero-order valence-electron chi connectivity index (χ0n) is 11.4. The van der Waals surface area contributed by atoms with E-state index in [0.717, 1.165) is 0 Å². The molecular formula is C15H13BrN2O3. The third-order valence-electron chi connectivity index (χ3n) is 3.74. The van der Waals surface area contributed by atoms with Crippen molar-refractivity contribution in [2.75, 3.05) is 0 Å². The Kier molecular flexibility index (Phi) is 3.38. The standard InChI is InChI=1S/C15H13BrN2O3/c1-7-4-9(19)14-11(5-7)21-15(18)8(6-17)13(14)10-2-3-12(16)20-10/h2-3,7,13H,4-5,18H2,1H3/t7-,13-/m0/s1. The summed E-state index contributed by atoms with van der Waals surface area (Å²) in [6, 6.07) is 5.51. The number of hydrogen-bond acceptors (Lipinski definition) is 5. The van der Waals surface area contributed by atoms with Crippen LogP contribution < -0.4 is 5.73 Å². The van der Waals surface area contributed by atoms with Crippen molar-refractivity contribution in [2.45, 2.75) is 25.7 Å². The lowest BCUT2D eigenvalue weighted by atomic mass is 9.77. The lowest BCUT2D eigenvalue weighted by Gasteiger charge is -2.31. The van der Waals surface area contributed by atoms with E-state index in [2.05, 4.69) is 15.9 Å². The van der Waals surface area contributed by atoms with Crippen molar-refractivity contribution in [2.24, 2.45) is 11.7 Å². The Morgan fingerprint density at radius 1 is 1.43 bits per heavy atom. The van der Waals surface area contributed by atoms with E-state index in [0.29, 0.717) is 34.6 Å². The van der Waals surface area contributed by atoms with Gasteiger partial charge in [-0.25, -0.2) is 0 Å². The second-order valence-electron chi connectivity index (χ2n) is 5.34. The molecule has 3 rings (SSSR count). The van der Waals surface area contributed by atoms with E-state index < -0.39 is 5.92 Å². The summed E-state index contributed by atoms with van der Waals surface area (Å²) in [7, 11) is 0. The van der Waals surface area contributed by atoms with E-state index in [-0.39, 0.29) is 23.2 Å². The third kappa shape index (κ3) is 2.28. The largest absolute Gasteiger partial charge is 0.453 e. The Balaban J connectivity index is 2.17. The van der Waals surface area contributed by atoms with Crippen LogP contribution in [0.25, 0.3) is 0 Å². The number of furan rings is 1. The Hall–Kier alpha value is -2.00. The Labute approximate surface area is 130 Å². The van der Waals surface area contributed by atoms with Gasteiger partial charge in [0.05, 0.1) is 5.92 Å². The number of nitrogens with two attached hydrogens (primary N) is 1. The lowest BCUT2D eigenvalue weighted by Crippen LogP contribution is -2.29. The molecule has 0 saturated carbocycles. The molecule has 108 valence electrons. The van der Waals surface area contributed by atoms with Gasteiger partial charge in [-0.1, -0.05) is 6.92 Å². The number of allylic oxidation sites excluding steroid dienone is 3. The minimum Gasteiger partial charge on any atom is -0.453 e. The predicted molar refractivity (Wildman–Crippen MR) is 77.5 cm³/mol. The van der Waals surface area contributed by atoms with E-state index in [9.17, 15) is 10.1 Å². The molecule has 2 heterocycles. The highest BCUT2D eigenvalue weighted by molar-refractivity contribution is 9.10. The minimum atomic E-state index is -0.579. The quantitative estimate of drug-likeness (QED) is 0.841. The molecule has 1 aliphatic carbocycles. The van der Waals surface area contributed by atoms with Crippen LogP contribution in [0.4, 0.5) is 0 Å². The first-order valence-electron chi connectivity index (χ1n) is 6.60. The van der Waals surface area contributed by atoms with Gasteiger partial charge in [-0.05, 0) is 34.0 Å². The lowest BCUT2D eigenvalue weighted by molar-refractivity contribution is -0.117. The molecule has 0 saturated heterocycles. The molecule has 0 amide bonds. The van der Waals surface area contributed by atoms with Gasteiger partial charge in [0.1, 0.15) is 23.2 Å². The summed E-state index contributed by atoms with van der Waals surface area (Å²) >= 11 is 3.24. The van der Waals surface area contributed by atoms with Gasteiger partial charge in [0.25, 0.3) is 0 Å². The molecule has 6 heteroatoms. The minimum absolute atomic E-state index is 0.0125. The summed E-state index contributed by atoms with van der Waals surface area (Å²) in [5.41, 5.74) is 6.58. The maximum atomic E-state index is 12.4. The van der Waals surface area contributed by atoms with E-state index >= 15 is 0 Å². The monoisotopic (exact) mass is 348 g/mol. The van der Waals surface area contributed by atoms with Crippen LogP contribution in [0.3, 0.4) is 0 Å². The maximum Gasteiger partial charge on any atom is 0.205 e. The second kappa shape index (κ2) is 5.08. The first-order valence-corrected chi connectivity index (χ1v) is 7.39. The van der Waals surface area contributed by atoms with Crippen LogP contribution in [0, 0.1) is 17.2 Å². The van der Waals surface area contributed by atoms with Crippen molar-refractivity contribution in [1.82, 2.24) is 0 Å². The normalized spacial score (nSPS) is 25.5. The van der Waals surface area contributed by atoms with Crippen LogP contribution in [0.5, 0.6) is 0 Å². The van der Waals surface area contributed by atoms with Crippen LogP contribution in [-0.4, -0.2) is 5.78 Å². The SMILES string of the molecule is C[C@H]1CC(=O)C2=C(C1)OC(N)=C(C#N)[C@H]2c1ccc(Br)o1. The molecule has 2 N–H and O–H groups in total. The van der Waals surface area contributed by atoms with Gasteiger partial charge < -0.3 is 14.9 Å². The third-order valence-corrected chi connectivity index (χ3v) is 4.17. The van der Waals surface area contributed by atoms with Crippen molar-refractivity contribution >= 4 is 21.7 Å². The van der Waals surface area contributed by atoms with Crippen LogP contribution in [0.15, 0.2) is 44.0 Å². The fraction of sp³-hybridized carbons (Fsp3) is 0.333. The Morgan fingerprint density at radius 2 is 2.19 bits per heavy atom. The summed E-state index contributed by atoms with van der Waals surface area (Å²) in [5, 5.41) is 9.37. The topological polar surface area (TPSA) is 89.2 Å². The summed E-state index contributed by atoms with van der Waals surface area (Å²) in [5.74, 6) is 0.742. The molecule has 5 nitrogen and oxygen atoms in total. The maximum absolute atomic E-state index is 12.4. The van der Waals surface area contributed by atoms with Crippen molar-refractivity contribution in [1.29, 1.82) is 5.26 Å². The first-order chi connectivity index (χ1) is 10.0. The number of rotatable bonds is 1. The van der Waals surface area contributed by atoms with Crippen molar-refractivity contribution in [3.8, 4) is 6.07 Å². The van der Waals surface area contributed by atoms with Crippen LogP contribution in [0.2, 0.25) is 0 Å². The summed E-state index contributed by atoms with van der Waals surface area (Å²) < 4.78 is 11.6. The number of carbonyl (C=O) groups is 1. The Morgan fingerprint density at radius 3 is 2.81 bits per heavy atom. The molecule has 1 aliphatic heterocycles. The van der Waals surface area contributed by atoms with Gasteiger partial charge in [0, 0.05) is 18.4 Å². The molecule has 1 aromatic rings. The van der Waals surface area contributed by atoms with Gasteiger partial charge >= 0.3 is 0 Å². The fourth-order valence-electron chi connectivity index (χ4n) is 2.86. The van der Waals surface area contributed by atoms with Crippen LogP contribution >= 0.6 is 15.9 Å². The molecule has 0 radical (unpaired) electrons. The van der Waals surface area contributed by atoms with E-state index in [1.165, 1.54) is 0 Å². The summed E-state index contributed by atoms with van der Waals surface area (Å²) in [6.45, 7) is 1.99. The zero-order valence-corrected chi connectivity index (χ0v) is 12.9. The molecule has 2 aliphatic rings. The van der Waals surface area contributed by atoms with Gasteiger partial charge in [0.2, 0.25) is 5.88 Å². The molecule has 0 fully saturated rings. The van der Waals surface area contributed by atoms with E-state index in [4.69, 9.17) is 14.9 Å². The highest BCUT2D eigenvalue weighted by Crippen LogP contribution is 2.45. The number of ether oxygens (including phenoxy) is 1. The molecule has 0 aromatic carbocycles. The number of nitriles is 1. The van der Waals surface area contributed by atoms with E-state index in [1.54, 1.807) is 12.1 Å². The highest BCUT2D eigenvalue weighted by atomic mass is 79.9. The number of ketones is 1. The molecule has 0 bridgehead atoms. The van der Waals surface area contributed by atoms with Crippen LogP contribution in [-0.2, 0) is 9.53 Å².